The first-order chi connectivity index (χ1) is 14.0. The predicted octanol–water partition coefficient (Wildman–Crippen LogP) is 4.04. The monoisotopic (exact) mass is 390 g/mol. The lowest BCUT2D eigenvalue weighted by Crippen LogP contribution is -2.34. The summed E-state index contributed by atoms with van der Waals surface area (Å²) in [7, 11) is 0. The third-order valence-electron chi connectivity index (χ3n) is 4.12. The van der Waals surface area contributed by atoms with Crippen molar-refractivity contribution in [3.63, 3.8) is 0 Å². The van der Waals surface area contributed by atoms with Crippen molar-refractivity contribution >= 4 is 22.7 Å². The highest BCUT2D eigenvalue weighted by Gasteiger charge is 2.16. The lowest BCUT2D eigenvalue weighted by molar-refractivity contribution is 0.250. The van der Waals surface area contributed by atoms with Gasteiger partial charge in [0.2, 0.25) is 5.82 Å². The number of hydrogen-bond donors (Lipinski definition) is 2. The summed E-state index contributed by atoms with van der Waals surface area (Å²) < 4.78 is 10.6. The van der Waals surface area contributed by atoms with Gasteiger partial charge in [-0.2, -0.15) is 4.98 Å². The van der Waals surface area contributed by atoms with Crippen LogP contribution in [0, 0.1) is 0 Å². The Hall–Kier alpha value is -3.94. The van der Waals surface area contributed by atoms with Gasteiger partial charge in [-0.05, 0) is 50.2 Å². The van der Waals surface area contributed by atoms with Crippen molar-refractivity contribution in [3.8, 4) is 22.8 Å². The van der Waals surface area contributed by atoms with Gasteiger partial charge in [0.1, 0.15) is 11.1 Å². The van der Waals surface area contributed by atoms with E-state index in [4.69, 9.17) is 8.94 Å². The van der Waals surface area contributed by atoms with E-state index >= 15 is 0 Å². The number of rotatable bonds is 4. The molecule has 0 bridgehead atoms. The molecule has 0 aliphatic carbocycles. The third kappa shape index (κ3) is 4.01. The van der Waals surface area contributed by atoms with Gasteiger partial charge in [0.15, 0.2) is 0 Å². The molecule has 0 aliphatic heterocycles. The third-order valence-corrected chi connectivity index (χ3v) is 4.12. The minimum absolute atomic E-state index is 0.0415. The van der Waals surface area contributed by atoms with Crippen LogP contribution in [0.25, 0.3) is 33.8 Å². The molecule has 2 heterocycles. The van der Waals surface area contributed by atoms with Gasteiger partial charge in [0.05, 0.1) is 0 Å². The second kappa shape index (κ2) is 7.59. The Morgan fingerprint density at radius 3 is 2.59 bits per heavy atom. The van der Waals surface area contributed by atoms with E-state index in [0.717, 1.165) is 5.39 Å². The highest BCUT2D eigenvalue weighted by molar-refractivity contribution is 5.89. The number of carbonyl (C=O) groups is 1. The van der Waals surface area contributed by atoms with Crippen LogP contribution in [0.2, 0.25) is 0 Å². The van der Waals surface area contributed by atoms with Gasteiger partial charge in [-0.15, -0.1) is 0 Å². The fraction of sp³-hybridized carbons (Fsp3) is 0.143. The number of carbonyl (C=O) groups excluding carboxylic acids is 1. The van der Waals surface area contributed by atoms with Gasteiger partial charge < -0.3 is 19.6 Å². The predicted molar refractivity (Wildman–Crippen MR) is 109 cm³/mol. The Bertz CT molecular complexity index is 1230. The molecule has 0 saturated heterocycles. The first-order valence-electron chi connectivity index (χ1n) is 9.04. The van der Waals surface area contributed by atoms with Crippen molar-refractivity contribution in [2.45, 2.75) is 19.9 Å². The van der Waals surface area contributed by atoms with Crippen molar-refractivity contribution in [2.75, 3.05) is 5.32 Å². The second-order valence-electron chi connectivity index (χ2n) is 6.74. The number of para-hydroxylation sites is 1. The molecule has 2 aromatic heterocycles. The minimum Gasteiger partial charge on any atom is -0.422 e. The molecular formula is C21H18N4O4. The summed E-state index contributed by atoms with van der Waals surface area (Å²) in [5.74, 6) is 0.406. The number of amides is 2. The average Bonchev–Trinajstić information content (AvgIpc) is 3.17. The molecule has 2 aromatic carbocycles. The van der Waals surface area contributed by atoms with E-state index in [1.54, 1.807) is 42.5 Å². The van der Waals surface area contributed by atoms with Crippen LogP contribution in [0.1, 0.15) is 13.8 Å². The summed E-state index contributed by atoms with van der Waals surface area (Å²) in [6.07, 6.45) is 0. The smallest absolute Gasteiger partial charge is 0.349 e. The first-order valence-corrected chi connectivity index (χ1v) is 9.04. The Balaban J connectivity index is 1.57. The molecule has 0 atom stereocenters. The highest BCUT2D eigenvalue weighted by Crippen LogP contribution is 2.24. The van der Waals surface area contributed by atoms with E-state index in [2.05, 4.69) is 20.8 Å². The number of nitrogens with one attached hydrogen (secondary N) is 2. The number of nitrogens with zero attached hydrogens (tertiary/aromatic N) is 2. The number of hydrogen-bond acceptors (Lipinski definition) is 6. The molecule has 2 N–H and O–H groups in total. The molecule has 8 nitrogen and oxygen atoms in total. The topological polar surface area (TPSA) is 110 Å². The molecule has 2 amide bonds. The summed E-state index contributed by atoms with van der Waals surface area (Å²) in [6.45, 7) is 3.76. The van der Waals surface area contributed by atoms with Crippen LogP contribution in [0.15, 0.2) is 68.3 Å². The molecule has 0 spiro atoms. The van der Waals surface area contributed by atoms with Crippen LogP contribution in [-0.4, -0.2) is 22.2 Å². The fourth-order valence-electron chi connectivity index (χ4n) is 2.79. The van der Waals surface area contributed by atoms with Gasteiger partial charge >= 0.3 is 11.7 Å². The van der Waals surface area contributed by atoms with Gasteiger partial charge in [-0.1, -0.05) is 23.4 Å². The largest absolute Gasteiger partial charge is 0.422 e. The van der Waals surface area contributed by atoms with Crippen molar-refractivity contribution in [1.82, 2.24) is 15.5 Å². The molecule has 29 heavy (non-hydrogen) atoms. The first kappa shape index (κ1) is 18.4. The Kier molecular flexibility index (Phi) is 4.82. The zero-order valence-corrected chi connectivity index (χ0v) is 15.8. The summed E-state index contributed by atoms with van der Waals surface area (Å²) >= 11 is 0. The molecule has 0 fully saturated rings. The van der Waals surface area contributed by atoms with E-state index in [0.29, 0.717) is 22.7 Å². The highest BCUT2D eigenvalue weighted by atomic mass is 16.5. The number of benzene rings is 2. The molecule has 8 heteroatoms. The Morgan fingerprint density at radius 1 is 1.07 bits per heavy atom. The van der Waals surface area contributed by atoms with E-state index in [-0.39, 0.29) is 23.5 Å². The van der Waals surface area contributed by atoms with Crippen molar-refractivity contribution in [2.24, 2.45) is 0 Å². The molecule has 0 aliphatic rings. The quantitative estimate of drug-likeness (QED) is 0.509. The minimum atomic E-state index is -0.547. The Morgan fingerprint density at radius 2 is 1.83 bits per heavy atom. The van der Waals surface area contributed by atoms with Crippen LogP contribution in [0.4, 0.5) is 10.5 Å². The maximum absolute atomic E-state index is 12.3. The van der Waals surface area contributed by atoms with Gasteiger partial charge in [0, 0.05) is 22.7 Å². The van der Waals surface area contributed by atoms with E-state index in [9.17, 15) is 9.59 Å². The zero-order valence-electron chi connectivity index (χ0n) is 15.8. The molecule has 4 aromatic rings. The normalized spacial score (nSPS) is 11.0. The maximum atomic E-state index is 12.3. The summed E-state index contributed by atoms with van der Waals surface area (Å²) in [5.41, 5.74) is 1.46. The number of fused-ring (bicyclic) bond motifs is 1. The zero-order chi connectivity index (χ0) is 20.4. The molecule has 146 valence electrons. The van der Waals surface area contributed by atoms with Crippen molar-refractivity contribution < 1.29 is 13.7 Å². The van der Waals surface area contributed by atoms with Crippen LogP contribution < -0.4 is 16.3 Å². The number of anilines is 1. The SMILES string of the molecule is CC(C)NC(=O)Nc1ccc(-c2noc(-c3cc4ccccc4oc3=O)n2)cc1. The standard InChI is InChI=1S/C21H18N4O4/c1-12(2)22-21(27)23-15-9-7-13(8-10-15)18-24-19(29-25-18)16-11-14-5-3-4-6-17(14)28-20(16)26/h3-12H,1-2H3,(H2,22,23,27). The number of aromatic nitrogens is 2. The van der Waals surface area contributed by atoms with Crippen LogP contribution in [-0.2, 0) is 0 Å². The number of urea groups is 1. The molecule has 0 unspecified atom stereocenters. The van der Waals surface area contributed by atoms with Gasteiger partial charge in [0.25, 0.3) is 5.89 Å². The van der Waals surface area contributed by atoms with E-state index in [1.165, 1.54) is 0 Å². The van der Waals surface area contributed by atoms with Crippen LogP contribution in [0.3, 0.4) is 0 Å². The lowest BCUT2D eigenvalue weighted by Gasteiger charge is -2.10. The molecular weight excluding hydrogens is 372 g/mol. The van der Waals surface area contributed by atoms with Crippen LogP contribution >= 0.6 is 0 Å². The lowest BCUT2D eigenvalue weighted by atomic mass is 10.2. The van der Waals surface area contributed by atoms with E-state index < -0.39 is 5.63 Å². The molecule has 0 radical (unpaired) electrons. The summed E-state index contributed by atoms with van der Waals surface area (Å²) in [4.78, 5) is 28.3. The Labute approximate surface area is 165 Å². The summed E-state index contributed by atoms with van der Waals surface area (Å²) in [6, 6.07) is 15.6. The van der Waals surface area contributed by atoms with Crippen molar-refractivity contribution in [1.29, 1.82) is 0 Å². The molecule has 0 saturated carbocycles. The maximum Gasteiger partial charge on any atom is 0.349 e. The second-order valence-corrected chi connectivity index (χ2v) is 6.74. The summed E-state index contributed by atoms with van der Waals surface area (Å²) in [5, 5.41) is 10.2. The van der Waals surface area contributed by atoms with Crippen LogP contribution in [0.5, 0.6) is 0 Å². The molecule has 4 rings (SSSR count). The van der Waals surface area contributed by atoms with Gasteiger partial charge in [-0.3, -0.25) is 0 Å². The van der Waals surface area contributed by atoms with Crippen molar-refractivity contribution in [3.05, 3.63) is 65.0 Å². The fourth-order valence-corrected chi connectivity index (χ4v) is 2.79. The van der Waals surface area contributed by atoms with E-state index in [1.807, 2.05) is 26.0 Å². The van der Waals surface area contributed by atoms with Gasteiger partial charge in [-0.25, -0.2) is 9.59 Å². The average molecular weight is 390 g/mol.